The van der Waals surface area contributed by atoms with Gasteiger partial charge in [-0.3, -0.25) is 4.99 Å². The van der Waals surface area contributed by atoms with Gasteiger partial charge in [-0.1, -0.05) is 0 Å². The van der Waals surface area contributed by atoms with E-state index in [2.05, 4.69) is 10.3 Å². The second-order valence-electron chi connectivity index (χ2n) is 0.989. The van der Waals surface area contributed by atoms with E-state index in [1.807, 2.05) is 0 Å². The topological polar surface area (TPSA) is 24.4 Å². The molecule has 0 spiro atoms. The summed E-state index contributed by atoms with van der Waals surface area (Å²) >= 11 is 0. The van der Waals surface area contributed by atoms with Gasteiger partial charge in [-0.05, 0) is 0 Å². The molecule has 2 nitrogen and oxygen atoms in total. The quantitative estimate of drug-likeness (QED) is 0.533. The monoisotopic (exact) mass is 210 g/mol. The van der Waals surface area contributed by atoms with E-state index in [-0.39, 0.29) is 51.7 Å². The first kappa shape index (κ1) is 7.04. The maximum atomic E-state index is 3.85. The van der Waals surface area contributed by atoms with E-state index in [1.165, 1.54) is 0 Å². The first-order valence-corrected chi connectivity index (χ1v) is 1.72. The SMILES string of the molecule is C1=NCCN1.[Ba+2].[H-].[H-]. The summed E-state index contributed by atoms with van der Waals surface area (Å²) in [7, 11) is 0. The summed E-state index contributed by atoms with van der Waals surface area (Å²) in [6.07, 6.45) is 1.74. The molecule has 0 saturated heterocycles. The zero-order chi connectivity index (χ0) is 3.54. The van der Waals surface area contributed by atoms with Crippen molar-refractivity contribution in [1.29, 1.82) is 0 Å². The molecule has 0 aliphatic carbocycles. The molecule has 1 N–H and O–H groups in total. The van der Waals surface area contributed by atoms with Gasteiger partial charge in [0.15, 0.2) is 0 Å². The van der Waals surface area contributed by atoms with Crippen molar-refractivity contribution in [2.75, 3.05) is 13.1 Å². The van der Waals surface area contributed by atoms with Crippen molar-refractivity contribution in [3.63, 3.8) is 0 Å². The summed E-state index contributed by atoms with van der Waals surface area (Å²) in [6, 6.07) is 0. The minimum atomic E-state index is 0. The molecule has 0 saturated carbocycles. The van der Waals surface area contributed by atoms with Gasteiger partial charge in [-0.25, -0.2) is 0 Å². The predicted molar refractivity (Wildman–Crippen MR) is 29.3 cm³/mol. The Morgan fingerprint density at radius 3 is 2.83 bits per heavy atom. The van der Waals surface area contributed by atoms with Crippen molar-refractivity contribution >= 4 is 55.2 Å². The number of rotatable bonds is 0. The number of aliphatic imine (C=N–C) groups is 1. The molecule has 1 heterocycles. The Balaban J connectivity index is -0.0000000833. The summed E-state index contributed by atoms with van der Waals surface area (Å²) in [5.74, 6) is 0. The fourth-order valence-electron chi connectivity index (χ4n) is 0.323. The van der Waals surface area contributed by atoms with Crippen LogP contribution in [0.3, 0.4) is 0 Å². The van der Waals surface area contributed by atoms with Gasteiger partial charge in [0.25, 0.3) is 0 Å². The van der Waals surface area contributed by atoms with Gasteiger partial charge in [-0.2, -0.15) is 0 Å². The molecule has 0 radical (unpaired) electrons. The normalized spacial score (nSPS) is 16.0. The Labute approximate surface area is 80.5 Å². The van der Waals surface area contributed by atoms with Gasteiger partial charge in [-0.15, -0.1) is 0 Å². The molecule has 0 atom stereocenters. The summed E-state index contributed by atoms with van der Waals surface area (Å²) in [6.45, 7) is 1.99. The molecule has 3 heteroatoms. The second-order valence-corrected chi connectivity index (χ2v) is 0.989. The molecule has 1 aliphatic rings. The predicted octanol–water partition coefficient (Wildman–Crippen LogP) is -0.538. The van der Waals surface area contributed by atoms with Gasteiger partial charge in [0.1, 0.15) is 0 Å². The third-order valence-electron chi connectivity index (χ3n) is 0.568. The van der Waals surface area contributed by atoms with E-state index in [0.29, 0.717) is 0 Å². The van der Waals surface area contributed by atoms with Crippen molar-refractivity contribution in [3.05, 3.63) is 0 Å². The Morgan fingerprint density at radius 1 is 1.83 bits per heavy atom. The van der Waals surface area contributed by atoms with Crippen molar-refractivity contribution in [2.45, 2.75) is 0 Å². The first-order valence-electron chi connectivity index (χ1n) is 1.72. The van der Waals surface area contributed by atoms with Crippen LogP contribution in [0.1, 0.15) is 2.85 Å². The van der Waals surface area contributed by atoms with Gasteiger partial charge in [0, 0.05) is 6.54 Å². The van der Waals surface area contributed by atoms with Crippen LogP contribution in [0, 0.1) is 0 Å². The average molecular weight is 209 g/mol. The number of nitrogens with one attached hydrogen (secondary N) is 1. The second kappa shape index (κ2) is 4.21. The maximum absolute atomic E-state index is 3.85. The Morgan fingerprint density at radius 2 is 2.67 bits per heavy atom. The zero-order valence-electron chi connectivity index (χ0n) is 5.65. The van der Waals surface area contributed by atoms with E-state index in [1.54, 1.807) is 6.34 Å². The van der Waals surface area contributed by atoms with Crippen LogP contribution in [0.2, 0.25) is 0 Å². The molecule has 0 unspecified atom stereocenters. The van der Waals surface area contributed by atoms with Gasteiger partial charge >= 0.3 is 48.9 Å². The van der Waals surface area contributed by atoms with Gasteiger partial charge in [0.05, 0.1) is 12.9 Å². The van der Waals surface area contributed by atoms with Gasteiger partial charge < -0.3 is 8.17 Å². The summed E-state index contributed by atoms with van der Waals surface area (Å²) in [4.78, 5) is 3.85. The molecule has 32 valence electrons. The molecule has 0 aromatic rings. The molecule has 0 bridgehead atoms. The largest absolute Gasteiger partial charge is 2.00 e. The first-order chi connectivity index (χ1) is 2.50. The van der Waals surface area contributed by atoms with Crippen LogP contribution in [0.4, 0.5) is 0 Å². The Bertz CT molecular complexity index is 53.2. The molecule has 1 rings (SSSR count). The third kappa shape index (κ3) is 2.26. The molecule has 6 heavy (non-hydrogen) atoms. The van der Waals surface area contributed by atoms with E-state index < -0.39 is 0 Å². The minimum absolute atomic E-state index is 0. The van der Waals surface area contributed by atoms with Crippen molar-refractivity contribution in [2.24, 2.45) is 4.99 Å². The molecular weight excluding hydrogens is 201 g/mol. The third-order valence-corrected chi connectivity index (χ3v) is 0.568. The molecule has 0 amide bonds. The zero-order valence-corrected chi connectivity index (χ0v) is 8.09. The molecule has 1 aliphatic heterocycles. The van der Waals surface area contributed by atoms with Gasteiger partial charge in [0.2, 0.25) is 0 Å². The average Bonchev–Trinajstić information content (AvgIpc) is 1.76. The maximum Gasteiger partial charge on any atom is 2.00 e. The Hall–Kier alpha value is 1.04. The number of hydrogen-bond donors (Lipinski definition) is 1. The van der Waals surface area contributed by atoms with Crippen LogP contribution >= 0.6 is 0 Å². The summed E-state index contributed by atoms with van der Waals surface area (Å²) < 4.78 is 0. The van der Waals surface area contributed by atoms with Crippen molar-refractivity contribution in [3.8, 4) is 0 Å². The Kier molecular flexibility index (Phi) is 4.94. The fourth-order valence-corrected chi connectivity index (χ4v) is 0.323. The van der Waals surface area contributed by atoms with Crippen LogP contribution in [-0.4, -0.2) is 68.3 Å². The summed E-state index contributed by atoms with van der Waals surface area (Å²) in [5.41, 5.74) is 0. The van der Waals surface area contributed by atoms with Crippen LogP contribution in [0.25, 0.3) is 0 Å². The molecule has 0 aromatic carbocycles. The van der Waals surface area contributed by atoms with E-state index >= 15 is 0 Å². The number of nitrogens with zero attached hydrogens (tertiary/aromatic N) is 1. The minimum Gasteiger partial charge on any atom is -1.00 e. The van der Waals surface area contributed by atoms with Crippen LogP contribution < -0.4 is 5.32 Å². The van der Waals surface area contributed by atoms with E-state index in [9.17, 15) is 0 Å². The smallest absolute Gasteiger partial charge is 1.00 e. The van der Waals surface area contributed by atoms with Crippen LogP contribution in [0.15, 0.2) is 4.99 Å². The van der Waals surface area contributed by atoms with Crippen LogP contribution in [-0.2, 0) is 0 Å². The van der Waals surface area contributed by atoms with E-state index in [0.717, 1.165) is 13.1 Å². The fraction of sp³-hybridized carbons (Fsp3) is 0.667. The molecule has 0 aromatic heterocycles. The number of hydrogen-bond acceptors (Lipinski definition) is 2. The molecular formula is C3H8BaN2. The van der Waals surface area contributed by atoms with Crippen molar-refractivity contribution in [1.82, 2.24) is 5.32 Å². The van der Waals surface area contributed by atoms with Crippen molar-refractivity contribution < 1.29 is 2.85 Å². The van der Waals surface area contributed by atoms with E-state index in [4.69, 9.17) is 0 Å². The standard InChI is InChI=1S/C3H6N2.Ba.2H/c1-2-5-3-4-1;;;/h3H,1-2H2,(H,4,5);;;/q;+2;2*-1. The summed E-state index contributed by atoms with van der Waals surface area (Å²) in [5, 5.41) is 2.93. The van der Waals surface area contributed by atoms with Crippen LogP contribution in [0.5, 0.6) is 0 Å². The molecule has 0 fully saturated rings.